The molecule has 1 aromatic carbocycles. The third-order valence-electron chi connectivity index (χ3n) is 3.56. The molecule has 1 N–H and O–H groups in total. The fraction of sp³-hybridized carbons (Fsp3) is 0.444. The molecular weight excluding hydrogens is 282 g/mol. The van der Waals surface area contributed by atoms with E-state index >= 15 is 0 Å². The van der Waals surface area contributed by atoms with Gasteiger partial charge in [0.15, 0.2) is 0 Å². The lowest BCUT2D eigenvalue weighted by Crippen LogP contribution is -2.28. The highest BCUT2D eigenvalue weighted by atomic mass is 35.5. The molecule has 0 saturated carbocycles. The Hall–Kier alpha value is -1.25. The summed E-state index contributed by atoms with van der Waals surface area (Å²) in [6, 6.07) is 10.2. The van der Waals surface area contributed by atoms with Crippen LogP contribution in [0, 0.1) is 11.8 Å². The number of rotatable bonds is 8. The van der Waals surface area contributed by atoms with Crippen molar-refractivity contribution in [3.63, 3.8) is 0 Å². The van der Waals surface area contributed by atoms with Gasteiger partial charge in [-0.2, -0.15) is 0 Å². The summed E-state index contributed by atoms with van der Waals surface area (Å²) < 4.78 is 5.19. The lowest BCUT2D eigenvalue weighted by atomic mass is 9.93. The van der Waals surface area contributed by atoms with Crippen molar-refractivity contribution >= 4 is 11.6 Å². The Labute approximate surface area is 132 Å². The third kappa shape index (κ3) is 5.56. The quantitative estimate of drug-likeness (QED) is 0.772. The molecule has 114 valence electrons. The standard InChI is InChI=1S/C18H24ClNO/c1-14(2)11-20-12-16(9-15-7-8-21-13-15)10-17-5-3-4-6-18(17)19/h3-8,13-14,16,20H,9-12H2,1-2H3. The second-order valence-corrected chi connectivity index (χ2v) is 6.46. The molecular formula is C18H24ClNO. The largest absolute Gasteiger partial charge is 0.472 e. The molecule has 1 atom stereocenters. The predicted octanol–water partition coefficient (Wildman–Crippen LogP) is 4.58. The summed E-state index contributed by atoms with van der Waals surface area (Å²) >= 11 is 6.30. The van der Waals surface area contributed by atoms with Crippen LogP contribution in [0.1, 0.15) is 25.0 Å². The smallest absolute Gasteiger partial charge is 0.0934 e. The first-order valence-electron chi connectivity index (χ1n) is 7.60. The van der Waals surface area contributed by atoms with E-state index in [1.165, 1.54) is 11.1 Å². The predicted molar refractivity (Wildman–Crippen MR) is 88.8 cm³/mol. The third-order valence-corrected chi connectivity index (χ3v) is 3.93. The van der Waals surface area contributed by atoms with Crippen molar-refractivity contribution in [2.75, 3.05) is 13.1 Å². The Morgan fingerprint density at radius 1 is 1.10 bits per heavy atom. The van der Waals surface area contributed by atoms with Crippen molar-refractivity contribution < 1.29 is 4.42 Å². The molecule has 0 bridgehead atoms. The molecule has 0 aliphatic rings. The zero-order valence-corrected chi connectivity index (χ0v) is 13.6. The average molecular weight is 306 g/mol. The first kappa shape index (κ1) is 16.1. The normalized spacial score (nSPS) is 12.8. The van der Waals surface area contributed by atoms with Crippen LogP contribution in [0.2, 0.25) is 5.02 Å². The minimum atomic E-state index is 0.515. The van der Waals surface area contributed by atoms with Crippen molar-refractivity contribution in [3.05, 3.63) is 59.0 Å². The Bertz CT molecular complexity index is 522. The first-order valence-corrected chi connectivity index (χ1v) is 7.98. The van der Waals surface area contributed by atoms with Gasteiger partial charge in [-0.25, -0.2) is 0 Å². The topological polar surface area (TPSA) is 25.2 Å². The van der Waals surface area contributed by atoms with Gasteiger partial charge >= 0.3 is 0 Å². The summed E-state index contributed by atoms with van der Waals surface area (Å²) in [5.74, 6) is 1.18. The van der Waals surface area contributed by atoms with Crippen LogP contribution in [0.15, 0.2) is 47.3 Å². The highest BCUT2D eigenvalue weighted by Crippen LogP contribution is 2.21. The highest BCUT2D eigenvalue weighted by molar-refractivity contribution is 6.31. The number of hydrogen-bond donors (Lipinski definition) is 1. The van der Waals surface area contributed by atoms with Gasteiger partial charge in [-0.3, -0.25) is 0 Å². The van der Waals surface area contributed by atoms with E-state index < -0.39 is 0 Å². The van der Waals surface area contributed by atoms with Gasteiger partial charge in [-0.05, 0) is 61.0 Å². The second-order valence-electron chi connectivity index (χ2n) is 6.05. The van der Waals surface area contributed by atoms with E-state index in [0.717, 1.165) is 31.0 Å². The molecule has 0 radical (unpaired) electrons. The molecule has 0 saturated heterocycles. The van der Waals surface area contributed by atoms with Gasteiger partial charge in [0.1, 0.15) is 0 Å². The van der Waals surface area contributed by atoms with E-state index in [4.69, 9.17) is 16.0 Å². The summed E-state index contributed by atoms with van der Waals surface area (Å²) in [6.07, 6.45) is 5.56. The van der Waals surface area contributed by atoms with E-state index in [1.54, 1.807) is 6.26 Å². The van der Waals surface area contributed by atoms with Gasteiger partial charge in [0.05, 0.1) is 12.5 Å². The summed E-state index contributed by atoms with van der Waals surface area (Å²) in [7, 11) is 0. The maximum absolute atomic E-state index is 6.30. The molecule has 0 fully saturated rings. The van der Waals surface area contributed by atoms with Gasteiger partial charge in [0, 0.05) is 5.02 Å². The molecule has 1 unspecified atom stereocenters. The van der Waals surface area contributed by atoms with Crippen molar-refractivity contribution in [2.45, 2.75) is 26.7 Å². The summed E-state index contributed by atoms with van der Waals surface area (Å²) in [4.78, 5) is 0. The molecule has 0 aliphatic carbocycles. The molecule has 1 heterocycles. The molecule has 0 amide bonds. The Morgan fingerprint density at radius 3 is 2.57 bits per heavy atom. The monoisotopic (exact) mass is 305 g/mol. The number of hydrogen-bond acceptors (Lipinski definition) is 2. The molecule has 1 aromatic heterocycles. The Balaban J connectivity index is 1.98. The maximum atomic E-state index is 6.30. The van der Waals surface area contributed by atoms with Gasteiger partial charge in [0.2, 0.25) is 0 Å². The van der Waals surface area contributed by atoms with E-state index in [-0.39, 0.29) is 0 Å². The highest BCUT2D eigenvalue weighted by Gasteiger charge is 2.13. The SMILES string of the molecule is CC(C)CNCC(Cc1ccoc1)Cc1ccccc1Cl. The number of nitrogens with one attached hydrogen (secondary N) is 1. The zero-order chi connectivity index (χ0) is 15.1. The number of halogens is 1. The maximum Gasteiger partial charge on any atom is 0.0934 e. The molecule has 21 heavy (non-hydrogen) atoms. The van der Waals surface area contributed by atoms with Crippen molar-refractivity contribution in [2.24, 2.45) is 11.8 Å². The molecule has 0 spiro atoms. The second kappa shape index (κ2) is 8.26. The Kier molecular flexibility index (Phi) is 6.34. The van der Waals surface area contributed by atoms with E-state index in [1.807, 2.05) is 24.5 Å². The number of benzene rings is 1. The lowest BCUT2D eigenvalue weighted by molar-refractivity contribution is 0.443. The lowest BCUT2D eigenvalue weighted by Gasteiger charge is -2.18. The fourth-order valence-corrected chi connectivity index (χ4v) is 2.72. The van der Waals surface area contributed by atoms with Crippen LogP contribution in [-0.4, -0.2) is 13.1 Å². The summed E-state index contributed by atoms with van der Waals surface area (Å²) in [5, 5.41) is 4.42. The van der Waals surface area contributed by atoms with E-state index in [9.17, 15) is 0 Å². The van der Waals surface area contributed by atoms with Crippen molar-refractivity contribution in [1.82, 2.24) is 5.32 Å². The van der Waals surface area contributed by atoms with Crippen molar-refractivity contribution in [1.29, 1.82) is 0 Å². The van der Waals surface area contributed by atoms with Crippen LogP contribution in [0.4, 0.5) is 0 Å². The van der Waals surface area contributed by atoms with Gasteiger partial charge in [-0.1, -0.05) is 43.6 Å². The molecule has 3 heteroatoms. The van der Waals surface area contributed by atoms with Crippen LogP contribution in [-0.2, 0) is 12.8 Å². The van der Waals surface area contributed by atoms with E-state index in [2.05, 4.69) is 31.3 Å². The summed E-state index contributed by atoms with van der Waals surface area (Å²) in [5.41, 5.74) is 2.47. The van der Waals surface area contributed by atoms with Crippen LogP contribution in [0.25, 0.3) is 0 Å². The van der Waals surface area contributed by atoms with Crippen LogP contribution in [0.3, 0.4) is 0 Å². The van der Waals surface area contributed by atoms with Crippen LogP contribution >= 0.6 is 11.6 Å². The van der Waals surface area contributed by atoms with Gasteiger partial charge in [0.25, 0.3) is 0 Å². The minimum Gasteiger partial charge on any atom is -0.472 e. The minimum absolute atomic E-state index is 0.515. The molecule has 2 rings (SSSR count). The molecule has 2 nitrogen and oxygen atoms in total. The van der Waals surface area contributed by atoms with Gasteiger partial charge in [-0.15, -0.1) is 0 Å². The van der Waals surface area contributed by atoms with Crippen LogP contribution < -0.4 is 5.32 Å². The summed E-state index contributed by atoms with van der Waals surface area (Å²) in [6.45, 7) is 6.50. The molecule has 2 aromatic rings. The average Bonchev–Trinajstić information content (AvgIpc) is 2.93. The first-order chi connectivity index (χ1) is 10.1. The molecule has 0 aliphatic heterocycles. The van der Waals surface area contributed by atoms with E-state index in [0.29, 0.717) is 11.8 Å². The zero-order valence-electron chi connectivity index (χ0n) is 12.8. The fourth-order valence-electron chi connectivity index (χ4n) is 2.51. The Morgan fingerprint density at radius 2 is 1.90 bits per heavy atom. The van der Waals surface area contributed by atoms with Gasteiger partial charge < -0.3 is 9.73 Å². The van der Waals surface area contributed by atoms with Crippen LogP contribution in [0.5, 0.6) is 0 Å². The van der Waals surface area contributed by atoms with Crippen molar-refractivity contribution in [3.8, 4) is 0 Å². The number of furan rings is 1.